The van der Waals surface area contributed by atoms with Gasteiger partial charge >= 0.3 is 0 Å². The lowest BCUT2D eigenvalue weighted by Crippen LogP contribution is -2.45. The summed E-state index contributed by atoms with van der Waals surface area (Å²) in [6.45, 7) is 5.42. The number of likely N-dealkylation sites (tertiary alicyclic amines) is 1. The van der Waals surface area contributed by atoms with Crippen molar-refractivity contribution in [2.45, 2.75) is 26.3 Å². The molecule has 3 heteroatoms. The maximum atomic E-state index is 4.38. The topological polar surface area (TPSA) is 27.6 Å². The molecule has 0 amide bonds. The smallest absolute Gasteiger partial charge is 0.193 e. The van der Waals surface area contributed by atoms with Gasteiger partial charge in [-0.2, -0.15) is 0 Å². The van der Waals surface area contributed by atoms with Crippen LogP contribution in [-0.2, 0) is 6.54 Å². The van der Waals surface area contributed by atoms with Gasteiger partial charge in [-0.05, 0) is 24.3 Å². The third-order valence-corrected chi connectivity index (χ3v) is 3.59. The first-order chi connectivity index (χ1) is 8.79. The molecule has 1 aromatic carbocycles. The molecule has 1 aliphatic rings. The molecule has 0 bridgehead atoms. The van der Waals surface area contributed by atoms with E-state index >= 15 is 0 Å². The Hall–Kier alpha value is -1.51. The molecule has 1 heterocycles. The van der Waals surface area contributed by atoms with Crippen LogP contribution in [0.1, 0.15) is 25.3 Å². The Balaban J connectivity index is 1.86. The number of aliphatic imine (C=N–C) groups is 1. The zero-order valence-corrected chi connectivity index (χ0v) is 11.4. The Labute approximate surface area is 110 Å². The average molecular weight is 245 g/mol. The van der Waals surface area contributed by atoms with Gasteiger partial charge in [0.15, 0.2) is 5.96 Å². The maximum Gasteiger partial charge on any atom is 0.193 e. The van der Waals surface area contributed by atoms with Crippen molar-refractivity contribution in [1.29, 1.82) is 0 Å². The normalized spacial score (nSPS) is 17.9. The highest BCUT2D eigenvalue weighted by atomic mass is 15.3. The molecule has 1 saturated heterocycles. The lowest BCUT2D eigenvalue weighted by Gasteiger charge is -2.32. The SMILES string of the molecule is CN=C(NCc1ccccc1)N1CCC(C)CC1. The summed E-state index contributed by atoms with van der Waals surface area (Å²) >= 11 is 0. The number of hydrogen-bond acceptors (Lipinski definition) is 1. The molecule has 98 valence electrons. The molecule has 0 aromatic heterocycles. The van der Waals surface area contributed by atoms with Crippen molar-refractivity contribution in [2.24, 2.45) is 10.9 Å². The van der Waals surface area contributed by atoms with E-state index in [1.807, 2.05) is 13.1 Å². The van der Waals surface area contributed by atoms with Crippen LogP contribution in [0.15, 0.2) is 35.3 Å². The summed E-state index contributed by atoms with van der Waals surface area (Å²) in [5.41, 5.74) is 1.30. The van der Waals surface area contributed by atoms with Crippen LogP contribution in [0.5, 0.6) is 0 Å². The van der Waals surface area contributed by atoms with Crippen molar-refractivity contribution in [3.63, 3.8) is 0 Å². The second kappa shape index (κ2) is 6.43. The van der Waals surface area contributed by atoms with Gasteiger partial charge in [0.1, 0.15) is 0 Å². The monoisotopic (exact) mass is 245 g/mol. The number of nitrogens with one attached hydrogen (secondary N) is 1. The van der Waals surface area contributed by atoms with Gasteiger partial charge in [-0.15, -0.1) is 0 Å². The minimum Gasteiger partial charge on any atom is -0.352 e. The fraction of sp³-hybridized carbons (Fsp3) is 0.533. The summed E-state index contributed by atoms with van der Waals surface area (Å²) in [6, 6.07) is 10.5. The maximum absolute atomic E-state index is 4.38. The number of nitrogens with zero attached hydrogens (tertiary/aromatic N) is 2. The third kappa shape index (κ3) is 3.49. The van der Waals surface area contributed by atoms with Crippen LogP contribution < -0.4 is 5.32 Å². The van der Waals surface area contributed by atoms with Crippen LogP contribution in [0.25, 0.3) is 0 Å². The lowest BCUT2D eigenvalue weighted by atomic mass is 10.00. The molecule has 2 rings (SSSR count). The highest BCUT2D eigenvalue weighted by molar-refractivity contribution is 5.79. The second-order valence-electron chi connectivity index (χ2n) is 5.06. The third-order valence-electron chi connectivity index (χ3n) is 3.59. The van der Waals surface area contributed by atoms with Crippen molar-refractivity contribution in [3.8, 4) is 0 Å². The van der Waals surface area contributed by atoms with Crippen molar-refractivity contribution < 1.29 is 0 Å². The number of rotatable bonds is 2. The van der Waals surface area contributed by atoms with Gasteiger partial charge in [0.25, 0.3) is 0 Å². The Morgan fingerprint density at radius 2 is 1.94 bits per heavy atom. The first kappa shape index (κ1) is 12.9. The van der Waals surface area contributed by atoms with Crippen molar-refractivity contribution in [3.05, 3.63) is 35.9 Å². The molecule has 18 heavy (non-hydrogen) atoms. The minimum absolute atomic E-state index is 0.847. The Bertz CT molecular complexity index is 378. The van der Waals surface area contributed by atoms with Gasteiger partial charge in [0, 0.05) is 26.7 Å². The zero-order valence-electron chi connectivity index (χ0n) is 11.4. The number of hydrogen-bond donors (Lipinski definition) is 1. The van der Waals surface area contributed by atoms with Crippen LogP contribution >= 0.6 is 0 Å². The largest absolute Gasteiger partial charge is 0.352 e. The standard InChI is InChI=1S/C15H23N3/c1-13-8-10-18(11-9-13)15(16-2)17-12-14-6-4-3-5-7-14/h3-7,13H,8-12H2,1-2H3,(H,16,17). The van der Waals surface area contributed by atoms with Crippen LogP contribution in [0, 0.1) is 5.92 Å². The summed E-state index contributed by atoms with van der Waals surface area (Å²) in [5.74, 6) is 1.89. The molecule has 1 N–H and O–H groups in total. The molecule has 0 atom stereocenters. The van der Waals surface area contributed by atoms with Crippen molar-refractivity contribution in [1.82, 2.24) is 10.2 Å². The van der Waals surface area contributed by atoms with Gasteiger partial charge in [-0.3, -0.25) is 4.99 Å². The molecule has 3 nitrogen and oxygen atoms in total. The summed E-state index contributed by atoms with van der Waals surface area (Å²) in [4.78, 5) is 6.75. The lowest BCUT2D eigenvalue weighted by molar-refractivity contribution is 0.273. The van der Waals surface area contributed by atoms with Crippen LogP contribution in [0.2, 0.25) is 0 Å². The van der Waals surface area contributed by atoms with E-state index in [1.54, 1.807) is 0 Å². The van der Waals surface area contributed by atoms with E-state index in [2.05, 4.69) is 46.4 Å². The fourth-order valence-electron chi connectivity index (χ4n) is 2.33. The van der Waals surface area contributed by atoms with E-state index < -0.39 is 0 Å². The Morgan fingerprint density at radius 3 is 2.56 bits per heavy atom. The summed E-state index contributed by atoms with van der Waals surface area (Å²) in [7, 11) is 1.87. The van der Waals surface area contributed by atoms with E-state index in [0.717, 1.165) is 31.5 Å². The van der Waals surface area contributed by atoms with Crippen molar-refractivity contribution >= 4 is 5.96 Å². The predicted octanol–water partition coefficient (Wildman–Crippen LogP) is 2.49. The zero-order chi connectivity index (χ0) is 12.8. The summed E-state index contributed by atoms with van der Waals surface area (Å²) < 4.78 is 0. The van der Waals surface area contributed by atoms with Gasteiger partial charge < -0.3 is 10.2 Å². The predicted molar refractivity (Wildman–Crippen MR) is 76.6 cm³/mol. The van der Waals surface area contributed by atoms with E-state index in [1.165, 1.54) is 18.4 Å². The van der Waals surface area contributed by atoms with Crippen molar-refractivity contribution in [2.75, 3.05) is 20.1 Å². The summed E-state index contributed by atoms with van der Waals surface area (Å²) in [5, 5.41) is 3.45. The molecule has 0 saturated carbocycles. The van der Waals surface area contributed by atoms with E-state index in [-0.39, 0.29) is 0 Å². The highest BCUT2D eigenvalue weighted by Crippen LogP contribution is 2.15. The van der Waals surface area contributed by atoms with Crippen LogP contribution in [-0.4, -0.2) is 31.0 Å². The first-order valence-electron chi connectivity index (χ1n) is 6.79. The first-order valence-corrected chi connectivity index (χ1v) is 6.79. The molecule has 0 radical (unpaired) electrons. The van der Waals surface area contributed by atoms with E-state index in [0.29, 0.717) is 0 Å². The second-order valence-corrected chi connectivity index (χ2v) is 5.06. The minimum atomic E-state index is 0.847. The Morgan fingerprint density at radius 1 is 1.28 bits per heavy atom. The van der Waals surface area contributed by atoms with Gasteiger partial charge in [-0.25, -0.2) is 0 Å². The number of guanidine groups is 1. The van der Waals surface area contributed by atoms with Gasteiger partial charge in [-0.1, -0.05) is 37.3 Å². The molecule has 0 spiro atoms. The quantitative estimate of drug-likeness (QED) is 0.640. The number of benzene rings is 1. The molecule has 0 aliphatic carbocycles. The average Bonchev–Trinajstić information content (AvgIpc) is 2.42. The highest BCUT2D eigenvalue weighted by Gasteiger charge is 2.18. The molecule has 1 aromatic rings. The molecule has 0 unspecified atom stereocenters. The number of piperidine rings is 1. The fourth-order valence-corrected chi connectivity index (χ4v) is 2.33. The summed E-state index contributed by atoms with van der Waals surface area (Å²) in [6.07, 6.45) is 2.54. The van der Waals surface area contributed by atoms with Gasteiger partial charge in [0.2, 0.25) is 0 Å². The van der Waals surface area contributed by atoms with Crippen LogP contribution in [0.4, 0.5) is 0 Å². The van der Waals surface area contributed by atoms with E-state index in [4.69, 9.17) is 0 Å². The van der Waals surface area contributed by atoms with Gasteiger partial charge in [0.05, 0.1) is 0 Å². The molecule has 1 fully saturated rings. The van der Waals surface area contributed by atoms with E-state index in [9.17, 15) is 0 Å². The molecular formula is C15H23N3. The molecular weight excluding hydrogens is 222 g/mol. The molecule has 1 aliphatic heterocycles. The Kier molecular flexibility index (Phi) is 4.62. The van der Waals surface area contributed by atoms with Crippen LogP contribution in [0.3, 0.4) is 0 Å².